The Morgan fingerprint density at radius 2 is 2.14 bits per heavy atom. The van der Waals surface area contributed by atoms with Gasteiger partial charge in [-0.3, -0.25) is 10.1 Å². The minimum Gasteiger partial charge on any atom is -0.491 e. The summed E-state index contributed by atoms with van der Waals surface area (Å²) >= 11 is 0. The summed E-state index contributed by atoms with van der Waals surface area (Å²) in [5.41, 5.74) is 6.91. The standard InChI is InChI=1S/C14H17N5O3/c1-8(2)22-12-5-4-10(6-9(12)3)17-14-16-7-11(19(20)21)13(15)18-14/h4-8H,1-3H3,(H3,15,16,17,18). The second kappa shape index (κ2) is 6.25. The van der Waals surface area contributed by atoms with E-state index < -0.39 is 4.92 Å². The zero-order valence-corrected chi connectivity index (χ0v) is 12.5. The smallest absolute Gasteiger partial charge is 0.329 e. The number of nitrogens with one attached hydrogen (secondary N) is 1. The molecule has 1 aromatic carbocycles. The second-order valence-corrected chi connectivity index (χ2v) is 4.99. The molecular weight excluding hydrogens is 286 g/mol. The molecular formula is C14H17N5O3. The topological polar surface area (TPSA) is 116 Å². The zero-order chi connectivity index (χ0) is 16.3. The first-order valence-electron chi connectivity index (χ1n) is 6.68. The fraction of sp³-hybridized carbons (Fsp3) is 0.286. The number of ether oxygens (including phenoxy) is 1. The maximum absolute atomic E-state index is 10.7. The quantitative estimate of drug-likeness (QED) is 0.644. The largest absolute Gasteiger partial charge is 0.491 e. The molecule has 0 unspecified atom stereocenters. The molecule has 2 rings (SSSR count). The molecule has 0 spiro atoms. The molecule has 0 amide bonds. The average molecular weight is 303 g/mol. The van der Waals surface area contributed by atoms with Gasteiger partial charge in [0.25, 0.3) is 0 Å². The van der Waals surface area contributed by atoms with Crippen LogP contribution >= 0.6 is 0 Å². The van der Waals surface area contributed by atoms with Gasteiger partial charge in [-0.2, -0.15) is 4.98 Å². The van der Waals surface area contributed by atoms with Gasteiger partial charge in [0.2, 0.25) is 11.8 Å². The van der Waals surface area contributed by atoms with Crippen molar-refractivity contribution in [2.45, 2.75) is 26.9 Å². The molecule has 0 radical (unpaired) electrons. The molecule has 2 aromatic rings. The SMILES string of the molecule is Cc1cc(Nc2ncc([N+](=O)[O-])c(N)n2)ccc1OC(C)C. The van der Waals surface area contributed by atoms with Gasteiger partial charge >= 0.3 is 5.69 Å². The molecule has 0 fully saturated rings. The van der Waals surface area contributed by atoms with Crippen molar-refractivity contribution in [3.8, 4) is 5.75 Å². The second-order valence-electron chi connectivity index (χ2n) is 4.99. The third-order valence-corrected chi connectivity index (χ3v) is 2.79. The van der Waals surface area contributed by atoms with Gasteiger partial charge in [-0.15, -0.1) is 0 Å². The molecule has 0 bridgehead atoms. The van der Waals surface area contributed by atoms with E-state index in [0.717, 1.165) is 23.2 Å². The number of nitrogens with two attached hydrogens (primary N) is 1. The van der Waals surface area contributed by atoms with Crippen LogP contribution in [0.15, 0.2) is 24.4 Å². The predicted octanol–water partition coefficient (Wildman–Crippen LogP) is 2.81. The van der Waals surface area contributed by atoms with Gasteiger partial charge in [0.1, 0.15) is 11.9 Å². The van der Waals surface area contributed by atoms with Crippen LogP contribution in [0, 0.1) is 17.0 Å². The summed E-state index contributed by atoms with van der Waals surface area (Å²) in [4.78, 5) is 17.8. The highest BCUT2D eigenvalue weighted by Gasteiger charge is 2.14. The van der Waals surface area contributed by atoms with Crippen LogP contribution in [-0.4, -0.2) is 21.0 Å². The lowest BCUT2D eigenvalue weighted by Crippen LogP contribution is -2.07. The van der Waals surface area contributed by atoms with Gasteiger partial charge in [-0.25, -0.2) is 4.98 Å². The molecule has 8 nitrogen and oxygen atoms in total. The Hall–Kier alpha value is -2.90. The van der Waals surface area contributed by atoms with Crippen molar-refractivity contribution in [3.05, 3.63) is 40.1 Å². The maximum Gasteiger partial charge on any atom is 0.329 e. The van der Waals surface area contributed by atoms with Crippen molar-refractivity contribution in [2.75, 3.05) is 11.1 Å². The van der Waals surface area contributed by atoms with Gasteiger partial charge in [-0.1, -0.05) is 0 Å². The molecule has 116 valence electrons. The Morgan fingerprint density at radius 3 is 2.68 bits per heavy atom. The average Bonchev–Trinajstić information content (AvgIpc) is 2.41. The Kier molecular flexibility index (Phi) is 4.40. The number of nitrogen functional groups attached to an aromatic ring is 1. The van der Waals surface area contributed by atoms with Crippen LogP contribution in [0.1, 0.15) is 19.4 Å². The van der Waals surface area contributed by atoms with Crippen LogP contribution in [0.25, 0.3) is 0 Å². The lowest BCUT2D eigenvalue weighted by atomic mass is 10.2. The fourth-order valence-corrected chi connectivity index (χ4v) is 1.83. The van der Waals surface area contributed by atoms with Gasteiger partial charge < -0.3 is 15.8 Å². The maximum atomic E-state index is 10.7. The van der Waals surface area contributed by atoms with E-state index in [-0.39, 0.29) is 23.6 Å². The van der Waals surface area contributed by atoms with E-state index in [1.165, 1.54) is 0 Å². The summed E-state index contributed by atoms with van der Waals surface area (Å²) in [5, 5.41) is 13.6. The number of anilines is 3. The molecule has 3 N–H and O–H groups in total. The first-order valence-corrected chi connectivity index (χ1v) is 6.68. The minimum atomic E-state index is -0.624. The van der Waals surface area contributed by atoms with E-state index in [9.17, 15) is 10.1 Å². The normalized spacial score (nSPS) is 10.5. The lowest BCUT2D eigenvalue weighted by Gasteiger charge is -2.13. The number of nitrogens with zero attached hydrogens (tertiary/aromatic N) is 3. The first kappa shape index (κ1) is 15.5. The van der Waals surface area contributed by atoms with Crippen LogP contribution in [0.2, 0.25) is 0 Å². The van der Waals surface area contributed by atoms with E-state index in [0.29, 0.717) is 0 Å². The third kappa shape index (κ3) is 3.60. The minimum absolute atomic E-state index is 0.0929. The predicted molar refractivity (Wildman–Crippen MR) is 83.3 cm³/mol. The van der Waals surface area contributed by atoms with Gasteiger partial charge in [0.05, 0.1) is 11.0 Å². The number of hydrogen-bond acceptors (Lipinski definition) is 7. The summed E-state index contributed by atoms with van der Waals surface area (Å²) in [6, 6.07) is 5.52. The number of rotatable bonds is 5. The van der Waals surface area contributed by atoms with Crippen molar-refractivity contribution < 1.29 is 9.66 Å². The van der Waals surface area contributed by atoms with Crippen LogP contribution < -0.4 is 15.8 Å². The highest BCUT2D eigenvalue weighted by atomic mass is 16.6. The van der Waals surface area contributed by atoms with Crippen molar-refractivity contribution in [1.82, 2.24) is 9.97 Å². The van der Waals surface area contributed by atoms with Gasteiger partial charge in [-0.05, 0) is 44.5 Å². The van der Waals surface area contributed by atoms with E-state index in [4.69, 9.17) is 10.5 Å². The monoisotopic (exact) mass is 303 g/mol. The highest BCUT2D eigenvalue weighted by Crippen LogP contribution is 2.25. The third-order valence-electron chi connectivity index (χ3n) is 2.79. The lowest BCUT2D eigenvalue weighted by molar-refractivity contribution is -0.384. The Bertz CT molecular complexity index is 703. The van der Waals surface area contributed by atoms with Gasteiger partial charge in [0.15, 0.2) is 0 Å². The summed E-state index contributed by atoms with van der Waals surface area (Å²) < 4.78 is 5.66. The van der Waals surface area contributed by atoms with Crippen molar-refractivity contribution in [2.24, 2.45) is 0 Å². The Balaban J connectivity index is 2.19. The zero-order valence-electron chi connectivity index (χ0n) is 12.5. The molecule has 8 heteroatoms. The van der Waals surface area contributed by atoms with Crippen molar-refractivity contribution in [3.63, 3.8) is 0 Å². The number of hydrogen-bond donors (Lipinski definition) is 2. The molecule has 0 saturated carbocycles. The summed E-state index contributed by atoms with van der Waals surface area (Å²) in [7, 11) is 0. The Labute approximate surface area is 127 Å². The van der Waals surface area contributed by atoms with Crippen molar-refractivity contribution in [1.29, 1.82) is 0 Å². The van der Waals surface area contributed by atoms with Crippen molar-refractivity contribution >= 4 is 23.1 Å². The molecule has 1 heterocycles. The molecule has 0 saturated heterocycles. The molecule has 1 aromatic heterocycles. The van der Waals surface area contributed by atoms with Crippen LogP contribution in [0.4, 0.5) is 23.1 Å². The molecule has 0 aliphatic rings. The van der Waals surface area contributed by atoms with Crippen LogP contribution in [0.3, 0.4) is 0 Å². The van der Waals surface area contributed by atoms with E-state index in [1.54, 1.807) is 0 Å². The molecule has 0 aliphatic carbocycles. The van der Waals surface area contributed by atoms with E-state index >= 15 is 0 Å². The molecule has 22 heavy (non-hydrogen) atoms. The fourth-order valence-electron chi connectivity index (χ4n) is 1.83. The first-order chi connectivity index (χ1) is 10.4. The summed E-state index contributed by atoms with van der Waals surface area (Å²) in [5.74, 6) is 0.809. The number of aromatic nitrogens is 2. The number of nitro groups is 1. The number of benzene rings is 1. The Morgan fingerprint density at radius 1 is 1.41 bits per heavy atom. The highest BCUT2D eigenvalue weighted by molar-refractivity contribution is 5.60. The summed E-state index contributed by atoms with van der Waals surface area (Å²) in [6.07, 6.45) is 1.17. The van der Waals surface area contributed by atoms with Gasteiger partial charge in [0, 0.05) is 5.69 Å². The van der Waals surface area contributed by atoms with E-state index in [1.807, 2.05) is 39.0 Å². The van der Waals surface area contributed by atoms with E-state index in [2.05, 4.69) is 15.3 Å². The summed E-state index contributed by atoms with van der Waals surface area (Å²) in [6.45, 7) is 5.84. The number of aryl methyl sites for hydroxylation is 1. The molecule has 0 aliphatic heterocycles. The molecule has 0 atom stereocenters. The van der Waals surface area contributed by atoms with Crippen LogP contribution in [-0.2, 0) is 0 Å². The van der Waals surface area contributed by atoms with Crippen LogP contribution in [0.5, 0.6) is 5.75 Å².